The summed E-state index contributed by atoms with van der Waals surface area (Å²) >= 11 is 0. The van der Waals surface area contributed by atoms with Crippen molar-refractivity contribution in [1.82, 2.24) is 0 Å². The highest BCUT2D eigenvalue weighted by atomic mass is 16.6. The summed E-state index contributed by atoms with van der Waals surface area (Å²) in [7, 11) is 1.34. The lowest BCUT2D eigenvalue weighted by Crippen LogP contribution is -2.61. The van der Waals surface area contributed by atoms with Gasteiger partial charge in [0.05, 0.1) is 46.2 Å². The average molecular weight is 715 g/mol. The van der Waals surface area contributed by atoms with Crippen molar-refractivity contribution >= 4 is 12.0 Å². The lowest BCUT2D eigenvalue weighted by molar-refractivity contribution is -0.272. The largest absolute Gasteiger partial charge is 0.507 e. The lowest BCUT2D eigenvalue weighted by Gasteiger charge is -2.46. The molecule has 0 aliphatic carbocycles. The predicted octanol–water partition coefficient (Wildman–Crippen LogP) is 8.08. The summed E-state index contributed by atoms with van der Waals surface area (Å²) in [5.41, 5.74) is 4.78. The summed E-state index contributed by atoms with van der Waals surface area (Å²) in [6.45, 7) is 1.45. The zero-order chi connectivity index (χ0) is 36.7. The first kappa shape index (κ1) is 37.7. The molecular weight excluding hydrogens is 668 g/mol. The maximum Gasteiger partial charge on any atom is 0.333 e. The van der Waals surface area contributed by atoms with Crippen LogP contribution < -0.4 is 0 Å². The van der Waals surface area contributed by atoms with E-state index in [1.165, 1.54) is 7.11 Å². The minimum atomic E-state index is -0.697. The molecule has 6 rings (SSSR count). The molecule has 53 heavy (non-hydrogen) atoms. The van der Waals surface area contributed by atoms with E-state index in [2.05, 4.69) is 0 Å². The molecule has 5 aromatic carbocycles. The van der Waals surface area contributed by atoms with Crippen molar-refractivity contribution in [2.24, 2.45) is 0 Å². The highest BCUT2D eigenvalue weighted by Crippen LogP contribution is 2.34. The number of hydrogen-bond acceptors (Lipinski definition) is 8. The number of rotatable bonds is 17. The van der Waals surface area contributed by atoms with Crippen LogP contribution in [0.4, 0.5) is 0 Å². The third kappa shape index (κ3) is 11.0. The van der Waals surface area contributed by atoms with Gasteiger partial charge in [-0.25, -0.2) is 4.79 Å². The van der Waals surface area contributed by atoms with E-state index in [9.17, 15) is 9.90 Å². The predicted molar refractivity (Wildman–Crippen MR) is 203 cm³/mol. The van der Waals surface area contributed by atoms with Gasteiger partial charge in [-0.05, 0) is 34.4 Å². The van der Waals surface area contributed by atoms with Crippen LogP contribution in [0.15, 0.2) is 151 Å². The summed E-state index contributed by atoms with van der Waals surface area (Å²) in [6, 6.07) is 46.6. The number of phenolic OH excluding ortho intramolecular Hbond substituents is 1. The number of carbonyl (C=O) groups excluding carboxylic acids is 1. The van der Waals surface area contributed by atoms with E-state index in [0.29, 0.717) is 31.0 Å². The zero-order valence-corrected chi connectivity index (χ0v) is 29.9. The Morgan fingerprint density at radius 1 is 0.585 bits per heavy atom. The van der Waals surface area contributed by atoms with E-state index in [1.54, 1.807) is 30.3 Å². The second-order valence-corrected chi connectivity index (χ2v) is 12.9. The molecule has 0 radical (unpaired) electrons. The van der Waals surface area contributed by atoms with Gasteiger partial charge in [-0.3, -0.25) is 0 Å². The smallest absolute Gasteiger partial charge is 0.333 e. The number of para-hydroxylation sites is 1. The Bertz CT molecular complexity index is 1850. The van der Waals surface area contributed by atoms with Crippen molar-refractivity contribution in [2.75, 3.05) is 13.7 Å². The number of aromatic hydroxyl groups is 1. The van der Waals surface area contributed by atoms with Crippen LogP contribution in [0.2, 0.25) is 0 Å². The first-order chi connectivity index (χ1) is 26.1. The molecule has 1 heterocycles. The Balaban J connectivity index is 1.38. The van der Waals surface area contributed by atoms with Crippen LogP contribution in [0, 0.1) is 0 Å². The topological polar surface area (TPSA) is 92.7 Å². The van der Waals surface area contributed by atoms with E-state index in [4.69, 9.17) is 28.4 Å². The first-order valence-electron chi connectivity index (χ1n) is 17.9. The molecule has 0 amide bonds. The van der Waals surface area contributed by atoms with E-state index >= 15 is 0 Å². The maximum atomic E-state index is 13.4. The number of phenols is 1. The standard InChI is InChI=1S/C45H46O8/c1-48-45(47)38(26-37-24-14-15-25-39(37)46)27-40-42(50-29-34-18-8-3-9-19-34)44(52-31-36-22-12-5-13-23-36)43(51-30-35-20-10-4-11-21-35)41(53-40)32-49-28-33-16-6-2-7-17-33/h2-26,40-44,46H,27-32H2,1H3/b38-26+/t40-,41-,42-,43-,44-/m1/s1. The highest BCUT2D eigenvalue weighted by Gasteiger charge is 2.49. The molecule has 1 saturated heterocycles. The number of hydrogen-bond donors (Lipinski definition) is 1. The van der Waals surface area contributed by atoms with Gasteiger partial charge in [0.25, 0.3) is 0 Å². The van der Waals surface area contributed by atoms with Gasteiger partial charge in [-0.1, -0.05) is 140 Å². The van der Waals surface area contributed by atoms with E-state index in [0.717, 1.165) is 22.3 Å². The van der Waals surface area contributed by atoms with Crippen molar-refractivity contribution in [2.45, 2.75) is 63.4 Å². The van der Waals surface area contributed by atoms with Crippen LogP contribution in [0.25, 0.3) is 6.08 Å². The molecule has 5 atom stereocenters. The SMILES string of the molecule is COC(=O)/C(=C/c1ccccc1O)C[C@H]1O[C@H](COCc2ccccc2)[C@@H](OCc2ccccc2)[C@H](OCc2ccccc2)[C@@H]1OCc1ccccc1. The Morgan fingerprint density at radius 3 is 1.51 bits per heavy atom. The van der Waals surface area contributed by atoms with Crippen molar-refractivity contribution in [3.8, 4) is 5.75 Å². The van der Waals surface area contributed by atoms with Crippen LogP contribution in [0.5, 0.6) is 5.75 Å². The molecule has 1 fully saturated rings. The minimum Gasteiger partial charge on any atom is -0.507 e. The van der Waals surface area contributed by atoms with Gasteiger partial charge in [0.1, 0.15) is 30.2 Å². The molecule has 8 heteroatoms. The first-order valence-corrected chi connectivity index (χ1v) is 17.9. The lowest BCUT2D eigenvalue weighted by atomic mass is 9.90. The number of carbonyl (C=O) groups is 1. The van der Waals surface area contributed by atoms with Crippen LogP contribution in [-0.2, 0) is 59.6 Å². The molecule has 1 N–H and O–H groups in total. The Hall–Kier alpha value is -5.09. The van der Waals surface area contributed by atoms with Gasteiger partial charge in [-0.15, -0.1) is 0 Å². The van der Waals surface area contributed by atoms with Gasteiger partial charge in [0.2, 0.25) is 0 Å². The molecule has 5 aromatic rings. The molecule has 0 saturated carbocycles. The molecule has 1 aliphatic rings. The average Bonchev–Trinajstić information content (AvgIpc) is 3.21. The van der Waals surface area contributed by atoms with Crippen molar-refractivity contribution in [3.63, 3.8) is 0 Å². The fourth-order valence-electron chi connectivity index (χ4n) is 6.40. The number of methoxy groups -OCH3 is 1. The fraction of sp³-hybridized carbons (Fsp3) is 0.267. The molecular formula is C45H46O8. The van der Waals surface area contributed by atoms with Gasteiger partial charge < -0.3 is 33.5 Å². The summed E-state index contributed by atoms with van der Waals surface area (Å²) in [5, 5.41) is 10.6. The monoisotopic (exact) mass is 714 g/mol. The van der Waals surface area contributed by atoms with Crippen molar-refractivity contribution < 1.29 is 38.3 Å². The van der Waals surface area contributed by atoms with Crippen LogP contribution in [0.3, 0.4) is 0 Å². The molecule has 0 unspecified atom stereocenters. The maximum absolute atomic E-state index is 13.4. The summed E-state index contributed by atoms with van der Waals surface area (Å²) in [4.78, 5) is 13.4. The van der Waals surface area contributed by atoms with Gasteiger partial charge in [0, 0.05) is 17.6 Å². The quantitative estimate of drug-likeness (QED) is 0.0764. The van der Waals surface area contributed by atoms with E-state index < -0.39 is 36.5 Å². The summed E-state index contributed by atoms with van der Waals surface area (Å²) < 4.78 is 38.9. The van der Waals surface area contributed by atoms with Crippen molar-refractivity contribution in [1.29, 1.82) is 0 Å². The number of ether oxygens (including phenoxy) is 6. The van der Waals surface area contributed by atoms with Crippen molar-refractivity contribution in [3.05, 3.63) is 179 Å². The molecule has 0 spiro atoms. The third-order valence-electron chi connectivity index (χ3n) is 9.11. The second-order valence-electron chi connectivity index (χ2n) is 12.9. The molecule has 1 aliphatic heterocycles. The molecule has 0 aromatic heterocycles. The number of esters is 1. The fourth-order valence-corrected chi connectivity index (χ4v) is 6.40. The zero-order valence-electron chi connectivity index (χ0n) is 29.9. The van der Waals surface area contributed by atoms with E-state index in [1.807, 2.05) is 121 Å². The van der Waals surface area contributed by atoms with Crippen LogP contribution in [0.1, 0.15) is 34.2 Å². The Morgan fingerprint density at radius 2 is 1.02 bits per heavy atom. The summed E-state index contributed by atoms with van der Waals surface area (Å²) in [5.74, 6) is -0.499. The van der Waals surface area contributed by atoms with Gasteiger partial charge in [-0.2, -0.15) is 0 Å². The van der Waals surface area contributed by atoms with Crippen LogP contribution in [-0.4, -0.2) is 55.3 Å². The minimum absolute atomic E-state index is 0.0426. The Kier molecular flexibility index (Phi) is 14.0. The second kappa shape index (κ2) is 19.7. The highest BCUT2D eigenvalue weighted by molar-refractivity contribution is 5.94. The van der Waals surface area contributed by atoms with E-state index in [-0.39, 0.29) is 25.4 Å². The molecule has 274 valence electrons. The molecule has 0 bridgehead atoms. The summed E-state index contributed by atoms with van der Waals surface area (Å²) in [6.07, 6.45) is -1.51. The normalized spacial score (nSPS) is 20.2. The number of benzene rings is 5. The third-order valence-corrected chi connectivity index (χ3v) is 9.11. The van der Waals surface area contributed by atoms with Gasteiger partial charge in [0.15, 0.2) is 0 Å². The Labute approximate surface area is 311 Å². The molecule has 8 nitrogen and oxygen atoms in total. The van der Waals surface area contributed by atoms with Crippen LogP contribution >= 0.6 is 0 Å². The van der Waals surface area contributed by atoms with Gasteiger partial charge >= 0.3 is 5.97 Å².